The Balaban J connectivity index is 1.63. The van der Waals surface area contributed by atoms with Crippen LogP contribution in [-0.4, -0.2) is 55.1 Å². The van der Waals surface area contributed by atoms with Gasteiger partial charge in [0.2, 0.25) is 5.91 Å². The van der Waals surface area contributed by atoms with E-state index in [9.17, 15) is 24.3 Å². The number of pyridine rings is 1. The maximum atomic E-state index is 11.7. The van der Waals surface area contributed by atoms with E-state index in [0.717, 1.165) is 48.0 Å². The molecule has 0 radical (unpaired) electrons. The average molecular weight is 612 g/mol. The van der Waals surface area contributed by atoms with E-state index in [1.165, 1.54) is 24.3 Å². The van der Waals surface area contributed by atoms with Gasteiger partial charge in [0.1, 0.15) is 22.8 Å². The van der Waals surface area contributed by atoms with Crippen LogP contribution in [0.2, 0.25) is 0 Å². The second kappa shape index (κ2) is 14.5. The summed E-state index contributed by atoms with van der Waals surface area (Å²) in [6, 6.07) is 10.1. The Kier molecular flexibility index (Phi) is 10.8. The number of aryl methyl sites for hydroxylation is 2. The standard InChI is InChI=1S/C30H38N5O7P/c1-3-5-9-26-34-28-29(35(26)19-21-18-22(36)11-13-25(21)42-43(38,39)40)23-17-20(10-12-24(23)33-30(28)31)8-6-15-41-16-7-14-32-27(37)4-2/h4,10-13,17-18,36H,2-3,5-9,14-16,19H2,1H3,(H2,31,33)(H,32,37)(H2,38,39,40). The van der Waals surface area contributed by atoms with Gasteiger partial charge in [0.25, 0.3) is 0 Å². The van der Waals surface area contributed by atoms with E-state index in [2.05, 4.69) is 29.9 Å². The Morgan fingerprint density at radius 3 is 2.65 bits per heavy atom. The number of unbranched alkanes of at least 4 members (excludes halogenated alkanes) is 1. The maximum Gasteiger partial charge on any atom is 0.524 e. The maximum absolute atomic E-state index is 11.7. The van der Waals surface area contributed by atoms with Crippen molar-refractivity contribution in [2.24, 2.45) is 0 Å². The van der Waals surface area contributed by atoms with Gasteiger partial charge in [0, 0.05) is 37.1 Å². The minimum absolute atomic E-state index is 0.0375. The van der Waals surface area contributed by atoms with Gasteiger partial charge in [0.05, 0.1) is 17.6 Å². The SMILES string of the molecule is C=CC(=O)NCCCOCCCc1ccc2nc(N)c3nc(CCCC)n(Cc4cc(O)ccc4OP(=O)(O)O)c3c2c1. The number of fused-ring (bicyclic) bond motifs is 3. The first-order chi connectivity index (χ1) is 20.6. The Labute approximate surface area is 249 Å². The van der Waals surface area contributed by atoms with Crippen LogP contribution < -0.4 is 15.6 Å². The van der Waals surface area contributed by atoms with Crippen molar-refractivity contribution in [2.45, 2.75) is 52.0 Å². The molecule has 2 heterocycles. The monoisotopic (exact) mass is 611 g/mol. The highest BCUT2D eigenvalue weighted by molar-refractivity contribution is 7.46. The third kappa shape index (κ3) is 8.55. The van der Waals surface area contributed by atoms with Crippen molar-refractivity contribution in [3.63, 3.8) is 0 Å². The first-order valence-electron chi connectivity index (χ1n) is 14.2. The van der Waals surface area contributed by atoms with E-state index in [1.54, 1.807) is 0 Å². The Morgan fingerprint density at radius 2 is 1.91 bits per heavy atom. The lowest BCUT2D eigenvalue weighted by atomic mass is 10.1. The minimum atomic E-state index is -4.85. The number of rotatable bonds is 16. The van der Waals surface area contributed by atoms with Gasteiger partial charge in [0.15, 0.2) is 5.82 Å². The van der Waals surface area contributed by atoms with Gasteiger partial charge in [-0.1, -0.05) is 26.0 Å². The number of carbonyl (C=O) groups excluding carboxylic acids is 1. The van der Waals surface area contributed by atoms with Gasteiger partial charge in [-0.3, -0.25) is 14.6 Å². The molecule has 2 aromatic carbocycles. The number of carbonyl (C=O) groups is 1. The Morgan fingerprint density at radius 1 is 1.12 bits per heavy atom. The van der Waals surface area contributed by atoms with Crippen LogP contribution in [0, 0.1) is 0 Å². The van der Waals surface area contributed by atoms with Crippen LogP contribution in [-0.2, 0) is 33.5 Å². The summed E-state index contributed by atoms with van der Waals surface area (Å²) in [6.07, 6.45) is 5.96. The molecule has 4 aromatic rings. The fraction of sp³-hybridized carbons (Fsp3) is 0.367. The van der Waals surface area contributed by atoms with Gasteiger partial charge in [-0.05, 0) is 67.7 Å². The first kappa shape index (κ1) is 32.0. The molecule has 0 saturated heterocycles. The lowest BCUT2D eigenvalue weighted by molar-refractivity contribution is -0.116. The van der Waals surface area contributed by atoms with Crippen molar-refractivity contribution in [3.8, 4) is 11.5 Å². The summed E-state index contributed by atoms with van der Waals surface area (Å²) in [6.45, 7) is 7.28. The molecule has 0 bridgehead atoms. The fourth-order valence-corrected chi connectivity index (χ4v) is 5.31. The van der Waals surface area contributed by atoms with Gasteiger partial charge < -0.3 is 30.0 Å². The number of aromatic nitrogens is 3. The zero-order chi connectivity index (χ0) is 31.0. The quantitative estimate of drug-likeness (QED) is 0.0693. The highest BCUT2D eigenvalue weighted by Crippen LogP contribution is 2.41. The molecule has 0 atom stereocenters. The molecule has 0 saturated carbocycles. The first-order valence-corrected chi connectivity index (χ1v) is 15.7. The lowest BCUT2D eigenvalue weighted by Crippen LogP contribution is -2.22. The van der Waals surface area contributed by atoms with Crippen LogP contribution in [0.4, 0.5) is 5.82 Å². The van der Waals surface area contributed by atoms with Crippen molar-refractivity contribution in [2.75, 3.05) is 25.5 Å². The van der Waals surface area contributed by atoms with Crippen LogP contribution >= 0.6 is 7.82 Å². The van der Waals surface area contributed by atoms with E-state index >= 15 is 0 Å². The second-order valence-electron chi connectivity index (χ2n) is 10.2. The number of aromatic hydroxyl groups is 1. The number of phosphoric acid groups is 1. The predicted molar refractivity (Wildman–Crippen MR) is 165 cm³/mol. The van der Waals surface area contributed by atoms with Gasteiger partial charge >= 0.3 is 7.82 Å². The zero-order valence-corrected chi connectivity index (χ0v) is 25.1. The third-order valence-corrected chi connectivity index (χ3v) is 7.33. The van der Waals surface area contributed by atoms with Crippen molar-refractivity contribution in [3.05, 3.63) is 66.0 Å². The van der Waals surface area contributed by atoms with Crippen LogP contribution in [0.5, 0.6) is 11.5 Å². The number of phenols is 1. The highest BCUT2D eigenvalue weighted by Gasteiger charge is 2.22. The van der Waals surface area contributed by atoms with Crippen LogP contribution in [0.15, 0.2) is 49.1 Å². The number of benzene rings is 2. The summed E-state index contributed by atoms with van der Waals surface area (Å²) in [5, 5.41) is 13.8. The number of phosphoric ester groups is 1. The molecule has 6 N–H and O–H groups in total. The number of phenolic OH excluding ortho intramolecular Hbond substituents is 1. The van der Waals surface area contributed by atoms with E-state index < -0.39 is 7.82 Å². The number of nitrogens with one attached hydrogen (secondary N) is 1. The van der Waals surface area contributed by atoms with Crippen molar-refractivity contribution < 1.29 is 33.5 Å². The molecule has 0 fully saturated rings. The van der Waals surface area contributed by atoms with Crippen LogP contribution in [0.3, 0.4) is 0 Å². The number of nitrogen functional groups attached to an aromatic ring is 1. The third-order valence-electron chi connectivity index (χ3n) is 6.89. The van der Waals surface area contributed by atoms with Crippen molar-refractivity contribution in [1.29, 1.82) is 0 Å². The number of nitrogens with zero attached hydrogens (tertiary/aromatic N) is 3. The second-order valence-corrected chi connectivity index (χ2v) is 11.4. The average Bonchev–Trinajstić information content (AvgIpc) is 3.33. The predicted octanol–water partition coefficient (Wildman–Crippen LogP) is 4.38. The molecule has 0 spiro atoms. The molecular formula is C30H38N5O7P. The molecule has 12 nitrogen and oxygen atoms in total. The lowest BCUT2D eigenvalue weighted by Gasteiger charge is -2.16. The summed E-state index contributed by atoms with van der Waals surface area (Å²) in [4.78, 5) is 39.6. The molecule has 0 unspecified atom stereocenters. The van der Waals surface area contributed by atoms with Crippen molar-refractivity contribution >= 4 is 41.5 Å². The van der Waals surface area contributed by atoms with Gasteiger partial charge in [-0.15, -0.1) is 0 Å². The molecule has 43 heavy (non-hydrogen) atoms. The fourth-order valence-electron chi connectivity index (χ4n) is 4.87. The molecule has 0 aliphatic rings. The molecule has 13 heteroatoms. The summed E-state index contributed by atoms with van der Waals surface area (Å²) < 4.78 is 24.3. The number of anilines is 1. The summed E-state index contributed by atoms with van der Waals surface area (Å²) >= 11 is 0. The number of nitrogens with two attached hydrogens (primary N) is 1. The smallest absolute Gasteiger partial charge is 0.508 e. The zero-order valence-electron chi connectivity index (χ0n) is 24.2. The molecular weight excluding hydrogens is 573 g/mol. The molecule has 2 aromatic heterocycles. The van der Waals surface area contributed by atoms with Crippen LogP contribution in [0.25, 0.3) is 21.9 Å². The number of hydrogen-bond acceptors (Lipinski definition) is 8. The van der Waals surface area contributed by atoms with E-state index in [-0.39, 0.29) is 29.8 Å². The number of amides is 1. The highest BCUT2D eigenvalue weighted by atomic mass is 31.2. The van der Waals surface area contributed by atoms with Crippen LogP contribution in [0.1, 0.15) is 49.6 Å². The van der Waals surface area contributed by atoms with E-state index in [4.69, 9.17) is 20.0 Å². The topological polar surface area (TPSA) is 182 Å². The number of ether oxygens (including phenoxy) is 1. The number of imidazole rings is 1. The Hall–Kier alpha value is -3.96. The summed E-state index contributed by atoms with van der Waals surface area (Å²) in [5.74, 6) is 0.727. The Bertz CT molecular complexity index is 1650. The molecule has 230 valence electrons. The molecule has 0 aliphatic carbocycles. The van der Waals surface area contributed by atoms with Gasteiger partial charge in [-0.25, -0.2) is 14.5 Å². The molecule has 1 amide bonds. The van der Waals surface area contributed by atoms with Gasteiger partial charge in [-0.2, -0.15) is 0 Å². The normalized spacial score (nSPS) is 11.7. The van der Waals surface area contributed by atoms with E-state index in [1.807, 2.05) is 16.7 Å². The molecule has 4 rings (SSSR count). The minimum Gasteiger partial charge on any atom is -0.508 e. The number of hydrogen-bond donors (Lipinski definition) is 5. The van der Waals surface area contributed by atoms with Crippen molar-refractivity contribution in [1.82, 2.24) is 19.9 Å². The largest absolute Gasteiger partial charge is 0.524 e. The van der Waals surface area contributed by atoms with E-state index in [0.29, 0.717) is 49.2 Å². The molecule has 0 aliphatic heterocycles. The summed E-state index contributed by atoms with van der Waals surface area (Å²) in [5.41, 5.74) is 9.81. The summed E-state index contributed by atoms with van der Waals surface area (Å²) in [7, 11) is -4.85.